The van der Waals surface area contributed by atoms with Gasteiger partial charge in [0.05, 0.1) is 5.92 Å². The Labute approximate surface area is 121 Å². The lowest BCUT2D eigenvalue weighted by Crippen LogP contribution is -2.52. The van der Waals surface area contributed by atoms with Crippen LogP contribution in [0.25, 0.3) is 0 Å². The fraction of sp³-hybridized carbons (Fsp3) is 0.867. The molecule has 1 aliphatic heterocycles. The third-order valence-corrected chi connectivity index (χ3v) is 5.09. The van der Waals surface area contributed by atoms with Crippen molar-refractivity contribution in [2.24, 2.45) is 29.2 Å². The van der Waals surface area contributed by atoms with E-state index in [1.165, 1.54) is 0 Å². The summed E-state index contributed by atoms with van der Waals surface area (Å²) in [7, 11) is 0. The first-order valence-corrected chi connectivity index (χ1v) is 7.75. The Kier molecular flexibility index (Phi) is 4.68. The standard InChI is InChI=1S/C15H27N3O2/c1-9-7-12(16)5-6-13(9)15(20)18-8-11(14(17)19)4-3-10(18)2/h9-13H,3-8,16H2,1-2H3,(H2,17,19). The van der Waals surface area contributed by atoms with Gasteiger partial charge in [0.25, 0.3) is 0 Å². The van der Waals surface area contributed by atoms with Gasteiger partial charge in [0.1, 0.15) is 0 Å². The van der Waals surface area contributed by atoms with E-state index in [4.69, 9.17) is 11.5 Å². The van der Waals surface area contributed by atoms with Crippen molar-refractivity contribution in [3.8, 4) is 0 Å². The lowest BCUT2D eigenvalue weighted by Gasteiger charge is -2.41. The number of hydrogen-bond donors (Lipinski definition) is 2. The van der Waals surface area contributed by atoms with Gasteiger partial charge in [0, 0.05) is 24.5 Å². The predicted molar refractivity (Wildman–Crippen MR) is 77.6 cm³/mol. The summed E-state index contributed by atoms with van der Waals surface area (Å²) in [6.45, 7) is 4.67. The van der Waals surface area contributed by atoms with Gasteiger partial charge >= 0.3 is 0 Å². The highest BCUT2D eigenvalue weighted by molar-refractivity contribution is 5.82. The second kappa shape index (κ2) is 6.12. The maximum atomic E-state index is 12.8. The molecule has 4 N–H and O–H groups in total. The van der Waals surface area contributed by atoms with Crippen molar-refractivity contribution in [1.82, 2.24) is 4.90 Å². The third-order valence-electron chi connectivity index (χ3n) is 5.09. The molecule has 2 amide bonds. The molecule has 2 fully saturated rings. The maximum Gasteiger partial charge on any atom is 0.226 e. The van der Waals surface area contributed by atoms with Crippen molar-refractivity contribution in [3.63, 3.8) is 0 Å². The fourth-order valence-corrected chi connectivity index (χ4v) is 3.66. The zero-order valence-corrected chi connectivity index (χ0v) is 12.5. The second-order valence-corrected chi connectivity index (χ2v) is 6.67. The molecule has 0 aromatic heterocycles. The number of primary amides is 1. The van der Waals surface area contributed by atoms with Crippen molar-refractivity contribution >= 4 is 11.8 Å². The van der Waals surface area contributed by atoms with Crippen molar-refractivity contribution in [1.29, 1.82) is 0 Å². The molecule has 5 atom stereocenters. The highest BCUT2D eigenvalue weighted by Crippen LogP contribution is 2.33. The van der Waals surface area contributed by atoms with Crippen LogP contribution in [0.3, 0.4) is 0 Å². The Hall–Kier alpha value is -1.10. The van der Waals surface area contributed by atoms with E-state index in [0.29, 0.717) is 12.5 Å². The topological polar surface area (TPSA) is 89.4 Å². The first-order chi connectivity index (χ1) is 9.40. The Morgan fingerprint density at radius 3 is 2.40 bits per heavy atom. The van der Waals surface area contributed by atoms with Gasteiger partial charge in [-0.3, -0.25) is 9.59 Å². The smallest absolute Gasteiger partial charge is 0.226 e. The molecular weight excluding hydrogens is 254 g/mol. The molecule has 0 radical (unpaired) electrons. The molecule has 1 saturated heterocycles. The van der Waals surface area contributed by atoms with Gasteiger partial charge in [-0.05, 0) is 44.9 Å². The average Bonchev–Trinajstić information content (AvgIpc) is 2.38. The number of amides is 2. The van der Waals surface area contributed by atoms with E-state index >= 15 is 0 Å². The van der Waals surface area contributed by atoms with Crippen molar-refractivity contribution < 1.29 is 9.59 Å². The van der Waals surface area contributed by atoms with E-state index in [1.807, 2.05) is 4.90 Å². The molecule has 20 heavy (non-hydrogen) atoms. The molecule has 0 aromatic carbocycles. The van der Waals surface area contributed by atoms with Crippen LogP contribution in [0.2, 0.25) is 0 Å². The van der Waals surface area contributed by atoms with Crippen LogP contribution in [0.5, 0.6) is 0 Å². The van der Waals surface area contributed by atoms with Crippen LogP contribution in [-0.2, 0) is 9.59 Å². The number of nitrogens with two attached hydrogens (primary N) is 2. The summed E-state index contributed by atoms with van der Waals surface area (Å²) in [5.74, 6) is 0.115. The van der Waals surface area contributed by atoms with Gasteiger partial charge in [-0.15, -0.1) is 0 Å². The van der Waals surface area contributed by atoms with Crippen LogP contribution < -0.4 is 11.5 Å². The molecule has 0 aromatic rings. The minimum Gasteiger partial charge on any atom is -0.369 e. The Bertz CT molecular complexity index is 385. The molecule has 1 heterocycles. The van der Waals surface area contributed by atoms with Crippen molar-refractivity contribution in [3.05, 3.63) is 0 Å². The molecule has 2 aliphatic rings. The molecule has 1 saturated carbocycles. The van der Waals surface area contributed by atoms with Crippen LogP contribution in [0.1, 0.15) is 46.0 Å². The number of nitrogens with zero attached hydrogens (tertiary/aromatic N) is 1. The Balaban J connectivity index is 2.04. The summed E-state index contributed by atoms with van der Waals surface area (Å²) in [5, 5.41) is 0. The number of carbonyl (C=O) groups is 2. The molecule has 0 spiro atoms. The molecule has 1 aliphatic carbocycles. The highest BCUT2D eigenvalue weighted by Gasteiger charge is 2.38. The molecule has 5 unspecified atom stereocenters. The number of likely N-dealkylation sites (tertiary alicyclic amines) is 1. The SMILES string of the molecule is CC1CC(N)CCC1C(=O)N1CC(C(N)=O)CCC1C. The summed E-state index contributed by atoms with van der Waals surface area (Å²) in [5.41, 5.74) is 11.4. The first kappa shape index (κ1) is 15.3. The lowest BCUT2D eigenvalue weighted by molar-refractivity contribution is -0.144. The number of hydrogen-bond acceptors (Lipinski definition) is 3. The second-order valence-electron chi connectivity index (χ2n) is 6.67. The Morgan fingerprint density at radius 1 is 1.10 bits per heavy atom. The number of piperidine rings is 1. The minimum atomic E-state index is -0.284. The summed E-state index contributed by atoms with van der Waals surface area (Å²) >= 11 is 0. The van der Waals surface area contributed by atoms with Crippen LogP contribution >= 0.6 is 0 Å². The highest BCUT2D eigenvalue weighted by atomic mass is 16.2. The van der Waals surface area contributed by atoms with Gasteiger partial charge < -0.3 is 16.4 Å². The van der Waals surface area contributed by atoms with Crippen LogP contribution in [0.4, 0.5) is 0 Å². The van der Waals surface area contributed by atoms with E-state index in [-0.39, 0.29) is 35.7 Å². The predicted octanol–water partition coefficient (Wildman–Crippen LogP) is 0.862. The lowest BCUT2D eigenvalue weighted by atomic mass is 9.77. The Morgan fingerprint density at radius 2 is 1.80 bits per heavy atom. The van der Waals surface area contributed by atoms with Crippen molar-refractivity contribution in [2.75, 3.05) is 6.54 Å². The quantitative estimate of drug-likeness (QED) is 0.786. The average molecular weight is 281 g/mol. The summed E-state index contributed by atoms with van der Waals surface area (Å²) in [6.07, 6.45) is 4.36. The van der Waals surface area contributed by atoms with Crippen LogP contribution in [0, 0.1) is 17.8 Å². The zero-order chi connectivity index (χ0) is 14.9. The number of rotatable bonds is 2. The fourth-order valence-electron chi connectivity index (χ4n) is 3.66. The van der Waals surface area contributed by atoms with Gasteiger partial charge in [-0.25, -0.2) is 0 Å². The summed E-state index contributed by atoms with van der Waals surface area (Å²) in [6, 6.07) is 0.437. The first-order valence-electron chi connectivity index (χ1n) is 7.75. The van der Waals surface area contributed by atoms with E-state index in [1.54, 1.807) is 0 Å². The number of carbonyl (C=O) groups excluding carboxylic acids is 2. The molecule has 5 heteroatoms. The zero-order valence-electron chi connectivity index (χ0n) is 12.5. The normalized spacial score (nSPS) is 38.5. The van der Waals surface area contributed by atoms with Crippen LogP contribution in [0.15, 0.2) is 0 Å². The van der Waals surface area contributed by atoms with Gasteiger partial charge in [-0.1, -0.05) is 6.92 Å². The monoisotopic (exact) mass is 281 g/mol. The van der Waals surface area contributed by atoms with Gasteiger partial charge in [0.15, 0.2) is 0 Å². The van der Waals surface area contributed by atoms with Gasteiger partial charge in [0.2, 0.25) is 11.8 Å². The van der Waals surface area contributed by atoms with E-state index < -0.39 is 0 Å². The van der Waals surface area contributed by atoms with Crippen molar-refractivity contribution in [2.45, 2.75) is 58.0 Å². The maximum absolute atomic E-state index is 12.8. The van der Waals surface area contributed by atoms with E-state index in [2.05, 4.69) is 13.8 Å². The summed E-state index contributed by atoms with van der Waals surface area (Å²) < 4.78 is 0. The van der Waals surface area contributed by atoms with E-state index in [9.17, 15) is 9.59 Å². The van der Waals surface area contributed by atoms with Gasteiger partial charge in [-0.2, -0.15) is 0 Å². The molecular formula is C15H27N3O2. The minimum absolute atomic E-state index is 0.0591. The third kappa shape index (κ3) is 3.14. The largest absolute Gasteiger partial charge is 0.369 e. The molecule has 114 valence electrons. The molecule has 2 rings (SSSR count). The van der Waals surface area contributed by atoms with Crippen LogP contribution in [-0.4, -0.2) is 35.3 Å². The summed E-state index contributed by atoms with van der Waals surface area (Å²) in [4.78, 5) is 26.0. The molecule has 0 bridgehead atoms. The molecule has 5 nitrogen and oxygen atoms in total. The van der Waals surface area contributed by atoms with E-state index in [0.717, 1.165) is 32.1 Å².